The Labute approximate surface area is 157 Å². The maximum atomic E-state index is 4.47. The van der Waals surface area contributed by atoms with Crippen LogP contribution in [0, 0.1) is 6.92 Å². The molecule has 6 heteroatoms. The molecule has 2 aromatic rings. The fourth-order valence-corrected chi connectivity index (χ4v) is 3.83. The number of aryl methyl sites for hydroxylation is 1. The number of rotatable bonds is 6. The molecule has 5 nitrogen and oxygen atoms in total. The van der Waals surface area contributed by atoms with Crippen molar-refractivity contribution in [2.24, 2.45) is 0 Å². The Morgan fingerprint density at radius 3 is 2.32 bits per heavy atom. The second kappa shape index (κ2) is 9.30. The Hall–Kier alpha value is -1.46. The Bertz CT molecular complexity index is 630. The lowest BCUT2D eigenvalue weighted by Crippen LogP contribution is -3.00. The standard InChI is InChI=1S/C19H29N5.ClH/c1-4-23(5-2)18(16-13-11-15(3)12-14-16)19-20-21-22-24(19)17-9-7-6-8-10-17;/h11-14,17-18H,4-10H2,1-3H3;1H/p-1. The second-order valence-corrected chi connectivity index (χ2v) is 6.81. The van der Waals surface area contributed by atoms with Gasteiger partial charge >= 0.3 is 0 Å². The Morgan fingerprint density at radius 1 is 1.08 bits per heavy atom. The molecule has 0 radical (unpaired) electrons. The highest BCUT2D eigenvalue weighted by Gasteiger charge is 2.29. The van der Waals surface area contributed by atoms with Gasteiger partial charge in [-0.3, -0.25) is 4.90 Å². The number of nitrogens with zero attached hydrogens (tertiary/aromatic N) is 5. The molecule has 1 aliphatic rings. The summed E-state index contributed by atoms with van der Waals surface area (Å²) in [5.74, 6) is 0.995. The first kappa shape index (κ1) is 19.9. The second-order valence-electron chi connectivity index (χ2n) is 6.81. The van der Waals surface area contributed by atoms with Crippen LogP contribution < -0.4 is 12.4 Å². The van der Waals surface area contributed by atoms with E-state index in [-0.39, 0.29) is 18.4 Å². The molecule has 1 atom stereocenters. The average molecular weight is 363 g/mol. The minimum absolute atomic E-state index is 0. The van der Waals surface area contributed by atoms with E-state index in [1.165, 1.54) is 43.2 Å². The highest BCUT2D eigenvalue weighted by Crippen LogP contribution is 2.33. The van der Waals surface area contributed by atoms with Crippen LogP contribution in [0.25, 0.3) is 0 Å². The van der Waals surface area contributed by atoms with Crippen molar-refractivity contribution in [3.63, 3.8) is 0 Å². The van der Waals surface area contributed by atoms with E-state index >= 15 is 0 Å². The molecule has 0 amide bonds. The number of hydrogen-bond acceptors (Lipinski definition) is 4. The van der Waals surface area contributed by atoms with Crippen molar-refractivity contribution < 1.29 is 12.4 Å². The zero-order valence-electron chi connectivity index (χ0n) is 15.5. The molecular weight excluding hydrogens is 334 g/mol. The first-order valence-electron chi connectivity index (χ1n) is 9.33. The number of benzene rings is 1. The predicted molar refractivity (Wildman–Crippen MR) is 95.9 cm³/mol. The normalized spacial score (nSPS) is 16.6. The van der Waals surface area contributed by atoms with Gasteiger partial charge in [-0.1, -0.05) is 62.9 Å². The van der Waals surface area contributed by atoms with Gasteiger partial charge in [0.2, 0.25) is 0 Å². The van der Waals surface area contributed by atoms with Crippen molar-refractivity contribution in [1.29, 1.82) is 0 Å². The molecular formula is C19H29ClN5-. The van der Waals surface area contributed by atoms with Gasteiger partial charge in [0.25, 0.3) is 0 Å². The van der Waals surface area contributed by atoms with Crippen LogP contribution in [0.5, 0.6) is 0 Å². The van der Waals surface area contributed by atoms with Crippen molar-refractivity contribution in [2.75, 3.05) is 13.1 Å². The highest BCUT2D eigenvalue weighted by molar-refractivity contribution is 5.28. The van der Waals surface area contributed by atoms with Gasteiger partial charge in [0, 0.05) is 0 Å². The number of halogens is 1. The zero-order valence-corrected chi connectivity index (χ0v) is 16.3. The summed E-state index contributed by atoms with van der Waals surface area (Å²) in [6, 6.07) is 9.38. The van der Waals surface area contributed by atoms with Crippen LogP contribution in [-0.2, 0) is 0 Å². The van der Waals surface area contributed by atoms with Gasteiger partial charge in [-0.2, -0.15) is 0 Å². The van der Waals surface area contributed by atoms with Gasteiger partial charge in [-0.15, -0.1) is 5.10 Å². The molecule has 1 heterocycles. The molecule has 0 aliphatic heterocycles. The number of tetrazole rings is 1. The molecule has 1 aromatic carbocycles. The molecule has 1 aliphatic carbocycles. The lowest BCUT2D eigenvalue weighted by Gasteiger charge is -2.31. The topological polar surface area (TPSA) is 46.8 Å². The van der Waals surface area contributed by atoms with Crippen LogP contribution in [0.2, 0.25) is 0 Å². The molecule has 0 bridgehead atoms. The SMILES string of the molecule is CCN(CC)C(c1ccc(C)cc1)c1nnnn1C1CCCCC1.[Cl-]. The molecule has 3 rings (SSSR count). The van der Waals surface area contributed by atoms with Crippen molar-refractivity contribution in [1.82, 2.24) is 25.1 Å². The summed E-state index contributed by atoms with van der Waals surface area (Å²) in [5.41, 5.74) is 2.56. The Morgan fingerprint density at radius 2 is 1.72 bits per heavy atom. The number of aromatic nitrogens is 4. The maximum Gasteiger partial charge on any atom is 0.173 e. The summed E-state index contributed by atoms with van der Waals surface area (Å²) in [4.78, 5) is 2.44. The first-order chi connectivity index (χ1) is 11.7. The Kier molecular flexibility index (Phi) is 7.38. The van der Waals surface area contributed by atoms with Crippen LogP contribution in [-0.4, -0.2) is 38.2 Å². The summed E-state index contributed by atoms with van der Waals surface area (Å²) in [7, 11) is 0. The zero-order chi connectivity index (χ0) is 16.9. The van der Waals surface area contributed by atoms with Crippen LogP contribution in [0.1, 0.15) is 75.0 Å². The van der Waals surface area contributed by atoms with Crippen LogP contribution in [0.4, 0.5) is 0 Å². The molecule has 1 fully saturated rings. The van der Waals surface area contributed by atoms with Gasteiger partial charge < -0.3 is 12.4 Å². The molecule has 1 saturated carbocycles. The third-order valence-corrected chi connectivity index (χ3v) is 5.25. The van der Waals surface area contributed by atoms with Crippen LogP contribution >= 0.6 is 0 Å². The van der Waals surface area contributed by atoms with Crippen molar-refractivity contribution in [2.45, 2.75) is 65.0 Å². The van der Waals surface area contributed by atoms with Gasteiger partial charge in [-0.05, 0) is 48.8 Å². The minimum atomic E-state index is 0. The van der Waals surface area contributed by atoms with E-state index in [9.17, 15) is 0 Å². The molecule has 0 saturated heterocycles. The number of hydrogen-bond donors (Lipinski definition) is 0. The monoisotopic (exact) mass is 362 g/mol. The largest absolute Gasteiger partial charge is 1.00 e. The van der Waals surface area contributed by atoms with E-state index in [0.29, 0.717) is 6.04 Å². The summed E-state index contributed by atoms with van der Waals surface area (Å²) < 4.78 is 2.11. The Balaban J connectivity index is 0.00000225. The van der Waals surface area contributed by atoms with Gasteiger partial charge in [0.05, 0.1) is 12.1 Å². The fraction of sp³-hybridized carbons (Fsp3) is 0.632. The summed E-state index contributed by atoms with van der Waals surface area (Å²) in [6.45, 7) is 8.50. The van der Waals surface area contributed by atoms with E-state index in [1.807, 2.05) is 0 Å². The molecule has 25 heavy (non-hydrogen) atoms. The van der Waals surface area contributed by atoms with Crippen molar-refractivity contribution in [3.05, 3.63) is 41.2 Å². The highest BCUT2D eigenvalue weighted by atomic mass is 35.5. The van der Waals surface area contributed by atoms with E-state index in [4.69, 9.17) is 0 Å². The summed E-state index contributed by atoms with van der Waals surface area (Å²) in [5, 5.41) is 12.9. The molecule has 1 unspecified atom stereocenters. The van der Waals surface area contributed by atoms with Gasteiger partial charge in [-0.25, -0.2) is 4.68 Å². The van der Waals surface area contributed by atoms with E-state index < -0.39 is 0 Å². The lowest BCUT2D eigenvalue weighted by molar-refractivity contribution is -0.00000537. The molecule has 0 N–H and O–H groups in total. The third-order valence-electron chi connectivity index (χ3n) is 5.25. The van der Waals surface area contributed by atoms with Crippen molar-refractivity contribution >= 4 is 0 Å². The quantitative estimate of drug-likeness (QED) is 0.766. The smallest absolute Gasteiger partial charge is 0.173 e. The van der Waals surface area contributed by atoms with Gasteiger partial charge in [0.15, 0.2) is 5.82 Å². The molecule has 1 aromatic heterocycles. The van der Waals surface area contributed by atoms with Crippen molar-refractivity contribution in [3.8, 4) is 0 Å². The lowest BCUT2D eigenvalue weighted by atomic mass is 9.95. The third kappa shape index (κ3) is 4.39. The fourth-order valence-electron chi connectivity index (χ4n) is 3.83. The predicted octanol–water partition coefficient (Wildman–Crippen LogP) is 0.922. The van der Waals surface area contributed by atoms with Gasteiger partial charge in [0.1, 0.15) is 0 Å². The van der Waals surface area contributed by atoms with E-state index in [1.54, 1.807) is 0 Å². The maximum absolute atomic E-state index is 4.47. The van der Waals surface area contributed by atoms with Crippen LogP contribution in [0.15, 0.2) is 24.3 Å². The molecule has 138 valence electrons. The summed E-state index contributed by atoms with van der Waals surface area (Å²) >= 11 is 0. The summed E-state index contributed by atoms with van der Waals surface area (Å²) in [6.07, 6.45) is 6.29. The first-order valence-corrected chi connectivity index (χ1v) is 9.33. The minimum Gasteiger partial charge on any atom is -1.00 e. The molecule has 0 spiro atoms. The van der Waals surface area contributed by atoms with E-state index in [2.05, 4.69) is 70.1 Å². The van der Waals surface area contributed by atoms with E-state index in [0.717, 1.165) is 18.9 Å². The average Bonchev–Trinajstić information content (AvgIpc) is 3.10. The van der Waals surface area contributed by atoms with Crippen LogP contribution in [0.3, 0.4) is 0 Å².